The largest absolute Gasteiger partial charge is 0.379 e. The summed E-state index contributed by atoms with van der Waals surface area (Å²) in [6.07, 6.45) is 0.427. The summed E-state index contributed by atoms with van der Waals surface area (Å²) in [6, 6.07) is 3.41. The van der Waals surface area contributed by atoms with E-state index in [1.807, 2.05) is 6.92 Å². The van der Waals surface area contributed by atoms with E-state index >= 15 is 0 Å². The van der Waals surface area contributed by atoms with E-state index in [1.165, 1.54) is 0 Å². The average Bonchev–Trinajstić information content (AvgIpc) is 2.65. The monoisotopic (exact) mass is 355 g/mol. The number of hydrogen-bond donors (Lipinski definition) is 1. The molecule has 1 aromatic heterocycles. The molecule has 8 nitrogen and oxygen atoms in total. The molecule has 1 N–H and O–H groups in total. The molecule has 0 aliphatic carbocycles. The van der Waals surface area contributed by atoms with Crippen LogP contribution in [0.5, 0.6) is 0 Å². The third-order valence-electron chi connectivity index (χ3n) is 3.14. The molecule has 0 aliphatic heterocycles. The van der Waals surface area contributed by atoms with Gasteiger partial charge in [-0.25, -0.2) is 0 Å². The van der Waals surface area contributed by atoms with Crippen molar-refractivity contribution in [1.29, 1.82) is 0 Å². The molecule has 1 heterocycles. The van der Waals surface area contributed by atoms with Crippen LogP contribution in [-0.4, -0.2) is 75.4 Å². The summed E-state index contributed by atoms with van der Waals surface area (Å²) in [5.74, 6) is 0.610. The number of carbonyl (C=O) groups excluding carboxylic acids is 1. The summed E-state index contributed by atoms with van der Waals surface area (Å²) in [5.41, 5.74) is 0.392. The van der Waals surface area contributed by atoms with E-state index < -0.39 is 0 Å². The minimum Gasteiger partial charge on any atom is -0.379 e. The number of rotatable bonds is 16. The Balaban J connectivity index is 1.91. The number of nitrogens with zero attached hydrogens (tertiary/aromatic N) is 2. The van der Waals surface area contributed by atoms with Gasteiger partial charge in [-0.15, -0.1) is 10.2 Å². The number of ketones is 1. The maximum Gasteiger partial charge on any atom is 0.182 e. The summed E-state index contributed by atoms with van der Waals surface area (Å²) < 4.78 is 21.3. The van der Waals surface area contributed by atoms with Gasteiger partial charge in [0.15, 0.2) is 5.78 Å². The molecule has 0 saturated heterocycles. The summed E-state index contributed by atoms with van der Waals surface area (Å²) in [6.45, 7) is 8.98. The smallest absolute Gasteiger partial charge is 0.182 e. The van der Waals surface area contributed by atoms with Gasteiger partial charge in [-0.3, -0.25) is 4.79 Å². The Morgan fingerprint density at radius 1 is 0.880 bits per heavy atom. The number of nitrogens with one attached hydrogen (secondary N) is 1. The van der Waals surface area contributed by atoms with Gasteiger partial charge in [-0.1, -0.05) is 6.92 Å². The van der Waals surface area contributed by atoms with E-state index in [-0.39, 0.29) is 5.78 Å². The number of carbonyl (C=O) groups is 1. The van der Waals surface area contributed by atoms with Crippen molar-refractivity contribution in [3.63, 3.8) is 0 Å². The standard InChI is InChI=1S/C17H29N3O5/c1-3-16(21)15-5-6-17(20-19-15)18-7-8-23-11-12-25-14-13-24-10-9-22-4-2/h5-6H,3-4,7-14H2,1-2H3,(H,18,20). The fourth-order valence-corrected chi connectivity index (χ4v) is 1.81. The molecule has 0 unspecified atom stereocenters. The molecule has 0 bridgehead atoms. The average molecular weight is 355 g/mol. The topological polar surface area (TPSA) is 91.8 Å². The van der Waals surface area contributed by atoms with Crippen LogP contribution in [0.1, 0.15) is 30.8 Å². The molecule has 1 aromatic rings. The Hall–Kier alpha value is -1.61. The Kier molecular flexibility index (Phi) is 12.6. The van der Waals surface area contributed by atoms with Crippen molar-refractivity contribution in [2.24, 2.45) is 0 Å². The first-order valence-corrected chi connectivity index (χ1v) is 8.69. The molecule has 1 rings (SSSR count). The van der Waals surface area contributed by atoms with Crippen LogP contribution in [0.25, 0.3) is 0 Å². The zero-order valence-corrected chi connectivity index (χ0v) is 15.2. The molecule has 0 atom stereocenters. The predicted molar refractivity (Wildman–Crippen MR) is 94.1 cm³/mol. The van der Waals surface area contributed by atoms with Crippen LogP contribution in [0.2, 0.25) is 0 Å². The zero-order chi connectivity index (χ0) is 18.2. The Morgan fingerprint density at radius 3 is 2.00 bits per heavy atom. The van der Waals surface area contributed by atoms with Gasteiger partial charge in [0, 0.05) is 19.6 Å². The molecule has 0 saturated carbocycles. The number of hydrogen-bond acceptors (Lipinski definition) is 8. The van der Waals surface area contributed by atoms with Crippen LogP contribution in [0, 0.1) is 0 Å². The van der Waals surface area contributed by atoms with Gasteiger partial charge >= 0.3 is 0 Å². The third kappa shape index (κ3) is 10.8. The second-order valence-corrected chi connectivity index (χ2v) is 5.04. The van der Waals surface area contributed by atoms with Crippen molar-refractivity contribution in [1.82, 2.24) is 10.2 Å². The van der Waals surface area contributed by atoms with Gasteiger partial charge in [0.2, 0.25) is 0 Å². The summed E-state index contributed by atoms with van der Waals surface area (Å²) in [5, 5.41) is 10.9. The van der Waals surface area contributed by atoms with Crippen LogP contribution in [-0.2, 0) is 18.9 Å². The van der Waals surface area contributed by atoms with E-state index in [1.54, 1.807) is 19.1 Å². The first-order chi connectivity index (χ1) is 12.3. The van der Waals surface area contributed by atoms with Gasteiger partial charge in [0.05, 0.1) is 46.2 Å². The van der Waals surface area contributed by atoms with E-state index in [0.717, 1.165) is 0 Å². The molecule has 0 spiro atoms. The molecular formula is C17H29N3O5. The van der Waals surface area contributed by atoms with Crippen LogP contribution >= 0.6 is 0 Å². The van der Waals surface area contributed by atoms with Crippen molar-refractivity contribution < 1.29 is 23.7 Å². The lowest BCUT2D eigenvalue weighted by atomic mass is 10.2. The molecule has 8 heteroatoms. The van der Waals surface area contributed by atoms with Crippen molar-refractivity contribution in [3.05, 3.63) is 17.8 Å². The van der Waals surface area contributed by atoms with Crippen LogP contribution in [0.3, 0.4) is 0 Å². The van der Waals surface area contributed by atoms with Gasteiger partial charge in [0.25, 0.3) is 0 Å². The molecule has 0 aromatic carbocycles. The van der Waals surface area contributed by atoms with Gasteiger partial charge in [-0.05, 0) is 19.1 Å². The molecule has 142 valence electrons. The Bertz CT molecular complexity index is 456. The van der Waals surface area contributed by atoms with Crippen molar-refractivity contribution >= 4 is 11.6 Å². The van der Waals surface area contributed by atoms with Crippen molar-refractivity contribution in [3.8, 4) is 0 Å². The second kappa shape index (κ2) is 14.7. The maximum absolute atomic E-state index is 11.4. The highest BCUT2D eigenvalue weighted by atomic mass is 16.6. The lowest BCUT2D eigenvalue weighted by Gasteiger charge is -2.08. The molecule has 0 radical (unpaired) electrons. The van der Waals surface area contributed by atoms with Gasteiger partial charge in [-0.2, -0.15) is 0 Å². The highest BCUT2D eigenvalue weighted by Crippen LogP contribution is 2.03. The summed E-state index contributed by atoms with van der Waals surface area (Å²) >= 11 is 0. The minimum absolute atomic E-state index is 0.0120. The third-order valence-corrected chi connectivity index (χ3v) is 3.14. The number of ether oxygens (including phenoxy) is 4. The number of Topliss-reactive ketones (excluding diaryl/α,β-unsaturated/α-hetero) is 1. The Morgan fingerprint density at radius 2 is 1.48 bits per heavy atom. The first-order valence-electron chi connectivity index (χ1n) is 8.69. The molecule has 0 fully saturated rings. The first kappa shape index (κ1) is 21.4. The minimum atomic E-state index is -0.0120. The van der Waals surface area contributed by atoms with E-state index in [2.05, 4.69) is 15.5 Å². The van der Waals surface area contributed by atoms with E-state index in [9.17, 15) is 4.79 Å². The quantitative estimate of drug-likeness (QED) is 0.353. The maximum atomic E-state index is 11.4. The molecule has 0 aliphatic rings. The molecule has 0 amide bonds. The second-order valence-electron chi connectivity index (χ2n) is 5.04. The van der Waals surface area contributed by atoms with E-state index in [4.69, 9.17) is 18.9 Å². The molecular weight excluding hydrogens is 326 g/mol. The van der Waals surface area contributed by atoms with Crippen LogP contribution in [0.4, 0.5) is 5.82 Å². The van der Waals surface area contributed by atoms with Gasteiger partial charge in [0.1, 0.15) is 11.5 Å². The summed E-state index contributed by atoms with van der Waals surface area (Å²) in [7, 11) is 0. The van der Waals surface area contributed by atoms with Crippen LogP contribution < -0.4 is 5.32 Å². The van der Waals surface area contributed by atoms with Crippen molar-refractivity contribution in [2.45, 2.75) is 20.3 Å². The van der Waals surface area contributed by atoms with Gasteiger partial charge < -0.3 is 24.3 Å². The molecule has 25 heavy (non-hydrogen) atoms. The predicted octanol–water partition coefficient (Wildman–Crippen LogP) is 1.57. The lowest BCUT2D eigenvalue weighted by Crippen LogP contribution is -2.15. The fraction of sp³-hybridized carbons (Fsp3) is 0.706. The fourth-order valence-electron chi connectivity index (χ4n) is 1.81. The van der Waals surface area contributed by atoms with E-state index in [0.29, 0.717) is 77.3 Å². The normalized spacial score (nSPS) is 10.8. The van der Waals surface area contributed by atoms with Crippen molar-refractivity contribution in [2.75, 3.05) is 64.7 Å². The highest BCUT2D eigenvalue weighted by Gasteiger charge is 2.05. The number of aromatic nitrogens is 2. The Labute approximate surface area is 149 Å². The number of anilines is 1. The highest BCUT2D eigenvalue weighted by molar-refractivity contribution is 5.93. The van der Waals surface area contributed by atoms with Crippen LogP contribution in [0.15, 0.2) is 12.1 Å². The lowest BCUT2D eigenvalue weighted by molar-refractivity contribution is 0.000608. The summed E-state index contributed by atoms with van der Waals surface area (Å²) in [4.78, 5) is 11.4. The zero-order valence-electron chi connectivity index (χ0n) is 15.2. The SMILES string of the molecule is CCOCCOCCOCCOCCNc1ccc(C(=O)CC)nn1.